The van der Waals surface area contributed by atoms with Gasteiger partial charge in [0.15, 0.2) is 0 Å². The molecule has 0 atom stereocenters. The molecule has 4 aromatic rings. The minimum absolute atomic E-state index is 0.0238. The molecule has 0 radical (unpaired) electrons. The fourth-order valence-corrected chi connectivity index (χ4v) is 7.09. The van der Waals surface area contributed by atoms with Crippen LogP contribution in [0.1, 0.15) is 52.7 Å². The summed E-state index contributed by atoms with van der Waals surface area (Å²) in [6.45, 7) is 6.15. The number of fused-ring (bicyclic) bond motifs is 1. The summed E-state index contributed by atoms with van der Waals surface area (Å²) in [6.07, 6.45) is 1.64. The molecule has 0 saturated heterocycles. The van der Waals surface area contributed by atoms with Gasteiger partial charge < -0.3 is 30.3 Å². The van der Waals surface area contributed by atoms with Gasteiger partial charge in [0, 0.05) is 27.6 Å². The number of amides is 4. The van der Waals surface area contributed by atoms with E-state index < -0.39 is 23.5 Å². The maximum Gasteiger partial charge on any atom is 0.410 e. The first kappa shape index (κ1) is 36.7. The highest BCUT2D eigenvalue weighted by molar-refractivity contribution is 8.00. The van der Waals surface area contributed by atoms with Gasteiger partial charge >= 0.3 is 6.09 Å². The number of carbonyl (C=O) groups excluding carboxylic acids is 4. The van der Waals surface area contributed by atoms with Crippen LogP contribution in [0.4, 0.5) is 15.5 Å². The standard InChI is InChI=1S/C38H37N5O6S2/c1-38(2,3)49-37(47)43-17-16-29-30(21-39)36(51-32(29)22-43)42-33(44)23-50-28-15-9-13-26(20-28)40-35(46)31(19-24-10-8-14-27(18-24)48-4)41-34(45)25-11-6-5-7-12-25/h5-15,18-20H,16-17,22-23H2,1-4H3,(H,40,46)(H,41,45)(H,42,44)/b31-19-. The van der Waals surface area contributed by atoms with Crippen molar-refractivity contribution in [2.24, 2.45) is 0 Å². The van der Waals surface area contributed by atoms with Gasteiger partial charge in [0.05, 0.1) is 25.0 Å². The molecule has 51 heavy (non-hydrogen) atoms. The summed E-state index contributed by atoms with van der Waals surface area (Å²) >= 11 is 2.55. The molecule has 1 aliphatic rings. The summed E-state index contributed by atoms with van der Waals surface area (Å²) in [4.78, 5) is 55.4. The fourth-order valence-electron chi connectivity index (χ4n) is 5.11. The Morgan fingerprint density at radius 1 is 1.00 bits per heavy atom. The number of thioether (sulfide) groups is 1. The lowest BCUT2D eigenvalue weighted by Gasteiger charge is -2.29. The van der Waals surface area contributed by atoms with E-state index in [1.165, 1.54) is 23.1 Å². The van der Waals surface area contributed by atoms with Crippen LogP contribution in [0.25, 0.3) is 6.08 Å². The Labute approximate surface area is 304 Å². The number of methoxy groups -OCH3 is 1. The van der Waals surface area contributed by atoms with Crippen molar-refractivity contribution in [3.63, 3.8) is 0 Å². The maximum absolute atomic E-state index is 13.5. The van der Waals surface area contributed by atoms with Crippen molar-refractivity contribution in [2.45, 2.75) is 44.2 Å². The number of hydrogen-bond donors (Lipinski definition) is 3. The van der Waals surface area contributed by atoms with Crippen molar-refractivity contribution < 1.29 is 28.7 Å². The first-order valence-corrected chi connectivity index (χ1v) is 17.8. The van der Waals surface area contributed by atoms with Gasteiger partial charge in [-0.1, -0.05) is 36.4 Å². The number of benzene rings is 3. The van der Waals surface area contributed by atoms with Gasteiger partial charge in [0.2, 0.25) is 5.91 Å². The Balaban J connectivity index is 1.23. The van der Waals surface area contributed by atoms with Crippen LogP contribution in [0.2, 0.25) is 0 Å². The SMILES string of the molecule is COc1cccc(/C=C(\NC(=O)c2ccccc2)C(=O)Nc2cccc(SCC(=O)Nc3sc4c(c3C#N)CCN(C(=O)OC(C)(C)C)C4)c2)c1. The molecule has 3 aromatic carbocycles. The molecule has 0 bridgehead atoms. The third-order valence-electron chi connectivity index (χ3n) is 7.47. The van der Waals surface area contributed by atoms with Crippen LogP contribution < -0.4 is 20.7 Å². The van der Waals surface area contributed by atoms with Crippen molar-refractivity contribution in [1.29, 1.82) is 5.26 Å². The molecule has 0 unspecified atom stereocenters. The zero-order valence-corrected chi connectivity index (χ0v) is 30.2. The molecule has 2 heterocycles. The van der Waals surface area contributed by atoms with Crippen LogP contribution in [0.3, 0.4) is 0 Å². The number of carbonyl (C=O) groups is 4. The van der Waals surface area contributed by atoms with E-state index in [9.17, 15) is 24.4 Å². The highest BCUT2D eigenvalue weighted by Gasteiger charge is 2.30. The number of nitrogens with one attached hydrogen (secondary N) is 3. The summed E-state index contributed by atoms with van der Waals surface area (Å²) in [5.74, 6) is -0.650. The minimum Gasteiger partial charge on any atom is -0.497 e. The lowest BCUT2D eigenvalue weighted by Crippen LogP contribution is -2.39. The third-order valence-corrected chi connectivity index (χ3v) is 9.59. The van der Waals surface area contributed by atoms with Crippen molar-refractivity contribution in [2.75, 3.05) is 30.0 Å². The predicted octanol–water partition coefficient (Wildman–Crippen LogP) is 7.06. The molecule has 0 aliphatic carbocycles. The average molecular weight is 724 g/mol. The molecule has 1 aromatic heterocycles. The highest BCUT2D eigenvalue weighted by atomic mass is 32.2. The smallest absolute Gasteiger partial charge is 0.410 e. The van der Waals surface area contributed by atoms with E-state index in [1.807, 2.05) is 26.8 Å². The Morgan fingerprint density at radius 2 is 1.76 bits per heavy atom. The van der Waals surface area contributed by atoms with Crippen LogP contribution >= 0.6 is 23.1 Å². The van der Waals surface area contributed by atoms with Crippen LogP contribution in [-0.4, -0.2) is 53.7 Å². The number of hydrogen-bond acceptors (Lipinski definition) is 9. The molecule has 13 heteroatoms. The lowest BCUT2D eigenvalue weighted by atomic mass is 10.0. The van der Waals surface area contributed by atoms with Crippen LogP contribution in [-0.2, 0) is 27.3 Å². The summed E-state index contributed by atoms with van der Waals surface area (Å²) < 4.78 is 10.8. The third kappa shape index (κ3) is 10.00. The number of ether oxygens (including phenoxy) is 2. The molecule has 0 saturated carbocycles. The second kappa shape index (κ2) is 16.4. The Kier molecular flexibility index (Phi) is 11.8. The normalized spacial score (nSPS) is 12.6. The Hall–Kier alpha value is -5.58. The molecule has 1 aliphatic heterocycles. The van der Waals surface area contributed by atoms with Crippen LogP contribution in [0, 0.1) is 11.3 Å². The molecular formula is C38H37N5O6S2. The van der Waals surface area contributed by atoms with E-state index in [2.05, 4.69) is 22.0 Å². The fraction of sp³-hybridized carbons (Fsp3) is 0.237. The second-order valence-electron chi connectivity index (χ2n) is 12.4. The maximum atomic E-state index is 13.5. The lowest BCUT2D eigenvalue weighted by molar-refractivity contribution is -0.114. The van der Waals surface area contributed by atoms with Gasteiger partial charge in [-0.2, -0.15) is 5.26 Å². The Bertz CT molecular complexity index is 2010. The van der Waals surface area contributed by atoms with E-state index in [1.54, 1.807) is 90.9 Å². The molecule has 3 N–H and O–H groups in total. The molecule has 5 rings (SSSR count). The van der Waals surface area contributed by atoms with Gasteiger partial charge in [-0.25, -0.2) is 4.79 Å². The summed E-state index contributed by atoms with van der Waals surface area (Å²) in [7, 11) is 1.54. The highest BCUT2D eigenvalue weighted by Crippen LogP contribution is 2.37. The Morgan fingerprint density at radius 3 is 2.49 bits per heavy atom. The first-order chi connectivity index (χ1) is 24.4. The summed E-state index contributed by atoms with van der Waals surface area (Å²) in [6, 6.07) is 24.9. The first-order valence-electron chi connectivity index (χ1n) is 16.0. The van der Waals surface area contributed by atoms with Crippen molar-refractivity contribution in [3.8, 4) is 11.8 Å². The molecule has 4 amide bonds. The predicted molar refractivity (Wildman–Crippen MR) is 199 cm³/mol. The monoisotopic (exact) mass is 723 g/mol. The molecule has 0 spiro atoms. The van der Waals surface area contributed by atoms with Crippen LogP contribution in [0.15, 0.2) is 89.5 Å². The van der Waals surface area contributed by atoms with Gasteiger partial charge in [0.25, 0.3) is 11.8 Å². The largest absolute Gasteiger partial charge is 0.497 e. The average Bonchev–Trinajstić information content (AvgIpc) is 3.46. The van der Waals surface area contributed by atoms with Crippen molar-refractivity contribution in [1.82, 2.24) is 10.2 Å². The van der Waals surface area contributed by atoms with Gasteiger partial charge in [-0.05, 0) is 86.9 Å². The molecule has 262 valence electrons. The van der Waals surface area contributed by atoms with E-state index >= 15 is 0 Å². The number of nitrogens with zero attached hydrogens (tertiary/aromatic N) is 2. The van der Waals surface area contributed by atoms with Gasteiger partial charge in [-0.15, -0.1) is 23.1 Å². The zero-order valence-electron chi connectivity index (χ0n) is 28.6. The quantitative estimate of drug-likeness (QED) is 0.116. The van der Waals surface area contributed by atoms with Crippen molar-refractivity contribution >= 4 is 63.7 Å². The van der Waals surface area contributed by atoms with Gasteiger partial charge in [-0.3, -0.25) is 14.4 Å². The number of anilines is 2. The topological polar surface area (TPSA) is 150 Å². The summed E-state index contributed by atoms with van der Waals surface area (Å²) in [5, 5.41) is 18.8. The van der Waals surface area contributed by atoms with Crippen LogP contribution in [0.5, 0.6) is 5.75 Å². The van der Waals surface area contributed by atoms with E-state index in [4.69, 9.17) is 9.47 Å². The second-order valence-corrected chi connectivity index (χ2v) is 14.6. The van der Waals surface area contributed by atoms with E-state index in [0.717, 1.165) is 10.4 Å². The number of thiophene rings is 1. The number of nitriles is 1. The molecule has 11 nitrogen and oxygen atoms in total. The molecular weight excluding hydrogens is 687 g/mol. The minimum atomic E-state index is -0.621. The van der Waals surface area contributed by atoms with Gasteiger partial charge in [0.1, 0.15) is 28.1 Å². The zero-order chi connectivity index (χ0) is 36.5. The van der Waals surface area contributed by atoms with Crippen molar-refractivity contribution in [3.05, 3.63) is 112 Å². The molecule has 0 fully saturated rings. The number of rotatable bonds is 10. The van der Waals surface area contributed by atoms with E-state index in [-0.39, 0.29) is 17.4 Å². The summed E-state index contributed by atoms with van der Waals surface area (Å²) in [5.41, 5.74) is 2.16. The van der Waals surface area contributed by atoms with E-state index in [0.29, 0.717) is 57.5 Å².